The van der Waals surface area contributed by atoms with Crippen molar-refractivity contribution in [3.63, 3.8) is 0 Å². The molecular formula is C14H24N2O3. The van der Waals surface area contributed by atoms with Crippen LogP contribution in [0.15, 0.2) is 0 Å². The van der Waals surface area contributed by atoms with E-state index in [0.717, 1.165) is 32.1 Å². The van der Waals surface area contributed by atoms with Crippen LogP contribution in [-0.4, -0.2) is 48.6 Å². The third kappa shape index (κ3) is 2.91. The van der Waals surface area contributed by atoms with Gasteiger partial charge in [0, 0.05) is 20.1 Å². The number of amides is 2. The fourth-order valence-corrected chi connectivity index (χ4v) is 3.23. The van der Waals surface area contributed by atoms with E-state index >= 15 is 0 Å². The van der Waals surface area contributed by atoms with Crippen molar-refractivity contribution in [1.82, 2.24) is 10.2 Å². The van der Waals surface area contributed by atoms with Crippen molar-refractivity contribution in [3.8, 4) is 0 Å². The highest BCUT2D eigenvalue weighted by molar-refractivity contribution is 5.93. The molecule has 2 rings (SSSR count). The second-order valence-corrected chi connectivity index (χ2v) is 5.74. The molecule has 19 heavy (non-hydrogen) atoms. The molecule has 2 aliphatic rings. The Morgan fingerprint density at radius 1 is 1.32 bits per heavy atom. The predicted molar refractivity (Wildman–Crippen MR) is 71.6 cm³/mol. The van der Waals surface area contributed by atoms with Gasteiger partial charge in [0.2, 0.25) is 11.8 Å². The standard InChI is InChI=1S/C14H24N2O3/c1-11(10-19-2)16-9-6-12(17)15-14(13(16)18)7-4-3-5-8-14/h11H,3-10H2,1-2H3,(H,15,17). The number of carbonyl (C=O) groups excluding carboxylic acids is 2. The number of rotatable bonds is 3. The summed E-state index contributed by atoms with van der Waals surface area (Å²) in [7, 11) is 1.64. The molecule has 108 valence electrons. The van der Waals surface area contributed by atoms with Crippen molar-refractivity contribution < 1.29 is 14.3 Å². The summed E-state index contributed by atoms with van der Waals surface area (Å²) >= 11 is 0. The van der Waals surface area contributed by atoms with Gasteiger partial charge in [0.05, 0.1) is 12.6 Å². The third-order valence-electron chi connectivity index (χ3n) is 4.28. The van der Waals surface area contributed by atoms with Gasteiger partial charge in [-0.25, -0.2) is 0 Å². The molecule has 1 atom stereocenters. The maximum Gasteiger partial charge on any atom is 0.248 e. The molecule has 0 aromatic rings. The zero-order chi connectivity index (χ0) is 13.9. The second kappa shape index (κ2) is 5.90. The van der Waals surface area contributed by atoms with E-state index in [0.29, 0.717) is 19.6 Å². The zero-order valence-corrected chi connectivity index (χ0v) is 11.9. The van der Waals surface area contributed by atoms with Crippen LogP contribution in [0.1, 0.15) is 45.4 Å². The van der Waals surface area contributed by atoms with Crippen LogP contribution >= 0.6 is 0 Å². The topological polar surface area (TPSA) is 58.6 Å². The summed E-state index contributed by atoms with van der Waals surface area (Å²) < 4.78 is 5.15. The molecule has 1 spiro atoms. The normalized spacial score (nSPS) is 25.1. The van der Waals surface area contributed by atoms with Crippen LogP contribution in [0, 0.1) is 0 Å². The third-order valence-corrected chi connectivity index (χ3v) is 4.28. The van der Waals surface area contributed by atoms with Crippen LogP contribution in [-0.2, 0) is 14.3 Å². The summed E-state index contributed by atoms with van der Waals surface area (Å²) in [6.45, 7) is 2.99. The van der Waals surface area contributed by atoms with E-state index in [-0.39, 0.29) is 17.9 Å². The fraction of sp³-hybridized carbons (Fsp3) is 0.857. The van der Waals surface area contributed by atoms with E-state index in [9.17, 15) is 9.59 Å². The molecule has 2 fully saturated rings. The maximum absolute atomic E-state index is 12.8. The maximum atomic E-state index is 12.8. The molecule has 1 saturated carbocycles. The van der Waals surface area contributed by atoms with Gasteiger partial charge < -0.3 is 15.0 Å². The average Bonchev–Trinajstić information content (AvgIpc) is 2.50. The predicted octanol–water partition coefficient (Wildman–Crippen LogP) is 1.07. The quantitative estimate of drug-likeness (QED) is 0.833. The lowest BCUT2D eigenvalue weighted by Crippen LogP contribution is -2.59. The first-order valence-electron chi connectivity index (χ1n) is 7.20. The van der Waals surface area contributed by atoms with Gasteiger partial charge in [-0.1, -0.05) is 19.3 Å². The fourth-order valence-electron chi connectivity index (χ4n) is 3.23. The number of carbonyl (C=O) groups is 2. The molecule has 0 aromatic heterocycles. The van der Waals surface area contributed by atoms with E-state index in [1.54, 1.807) is 7.11 Å². The summed E-state index contributed by atoms with van der Waals surface area (Å²) in [6, 6.07) is 0.0176. The Labute approximate surface area is 114 Å². The van der Waals surface area contributed by atoms with Gasteiger partial charge in [0.1, 0.15) is 5.54 Å². The molecule has 1 heterocycles. The van der Waals surface area contributed by atoms with Crippen molar-refractivity contribution >= 4 is 11.8 Å². The summed E-state index contributed by atoms with van der Waals surface area (Å²) in [5, 5.41) is 3.00. The minimum Gasteiger partial charge on any atom is -0.383 e. The molecule has 1 aliphatic heterocycles. The van der Waals surface area contributed by atoms with E-state index < -0.39 is 5.54 Å². The van der Waals surface area contributed by atoms with Gasteiger partial charge in [0.15, 0.2) is 0 Å². The van der Waals surface area contributed by atoms with Crippen molar-refractivity contribution in [2.24, 2.45) is 0 Å². The Morgan fingerprint density at radius 2 is 2.00 bits per heavy atom. The molecular weight excluding hydrogens is 244 g/mol. The monoisotopic (exact) mass is 268 g/mol. The molecule has 1 saturated heterocycles. The Morgan fingerprint density at radius 3 is 2.63 bits per heavy atom. The second-order valence-electron chi connectivity index (χ2n) is 5.74. The van der Waals surface area contributed by atoms with E-state index in [1.807, 2.05) is 11.8 Å². The summed E-state index contributed by atoms with van der Waals surface area (Å²) in [5.74, 6) is 0.0879. The van der Waals surface area contributed by atoms with Crippen molar-refractivity contribution in [2.45, 2.75) is 57.0 Å². The number of methoxy groups -OCH3 is 1. The smallest absolute Gasteiger partial charge is 0.248 e. The van der Waals surface area contributed by atoms with Crippen LogP contribution in [0.2, 0.25) is 0 Å². The molecule has 5 nitrogen and oxygen atoms in total. The summed E-state index contributed by atoms with van der Waals surface area (Å²) in [5.41, 5.74) is -0.645. The first-order chi connectivity index (χ1) is 9.09. The number of nitrogens with one attached hydrogen (secondary N) is 1. The molecule has 0 aromatic carbocycles. The lowest BCUT2D eigenvalue weighted by Gasteiger charge is -2.39. The highest BCUT2D eigenvalue weighted by Crippen LogP contribution is 2.32. The minimum atomic E-state index is -0.645. The van der Waals surface area contributed by atoms with E-state index in [2.05, 4.69) is 5.32 Å². The molecule has 0 bridgehead atoms. The number of nitrogens with zero attached hydrogens (tertiary/aromatic N) is 1. The van der Waals surface area contributed by atoms with E-state index in [4.69, 9.17) is 4.74 Å². The molecule has 1 N–H and O–H groups in total. The Bertz CT molecular complexity index is 351. The average molecular weight is 268 g/mol. The molecule has 1 aliphatic carbocycles. The van der Waals surface area contributed by atoms with Gasteiger partial charge in [0.25, 0.3) is 0 Å². The van der Waals surface area contributed by atoms with E-state index in [1.165, 1.54) is 0 Å². The lowest BCUT2D eigenvalue weighted by atomic mass is 9.80. The van der Waals surface area contributed by atoms with Crippen molar-refractivity contribution in [3.05, 3.63) is 0 Å². The van der Waals surface area contributed by atoms with Gasteiger partial charge in [-0.2, -0.15) is 0 Å². The number of ether oxygens (including phenoxy) is 1. The van der Waals surface area contributed by atoms with Gasteiger partial charge >= 0.3 is 0 Å². The Kier molecular flexibility index (Phi) is 4.45. The first-order valence-corrected chi connectivity index (χ1v) is 7.20. The Balaban J connectivity index is 2.21. The minimum absolute atomic E-state index is 0.00219. The number of hydrogen-bond acceptors (Lipinski definition) is 3. The van der Waals surface area contributed by atoms with Crippen molar-refractivity contribution in [1.29, 1.82) is 0 Å². The van der Waals surface area contributed by atoms with Gasteiger partial charge in [-0.3, -0.25) is 9.59 Å². The largest absolute Gasteiger partial charge is 0.383 e. The van der Waals surface area contributed by atoms with Crippen LogP contribution in [0.25, 0.3) is 0 Å². The summed E-state index contributed by atoms with van der Waals surface area (Å²) in [6.07, 6.45) is 5.11. The lowest BCUT2D eigenvalue weighted by molar-refractivity contribution is -0.143. The SMILES string of the molecule is COCC(C)N1CCC(=O)NC2(CCCCC2)C1=O. The highest BCUT2D eigenvalue weighted by Gasteiger charge is 2.45. The van der Waals surface area contributed by atoms with Crippen LogP contribution in [0.4, 0.5) is 0 Å². The molecule has 5 heteroatoms. The molecule has 2 amide bonds. The van der Waals surface area contributed by atoms with Crippen LogP contribution < -0.4 is 5.32 Å². The Hall–Kier alpha value is -1.10. The highest BCUT2D eigenvalue weighted by atomic mass is 16.5. The first kappa shape index (κ1) is 14.3. The summed E-state index contributed by atoms with van der Waals surface area (Å²) in [4.78, 5) is 26.6. The van der Waals surface area contributed by atoms with Crippen molar-refractivity contribution in [2.75, 3.05) is 20.3 Å². The zero-order valence-electron chi connectivity index (χ0n) is 11.9. The van der Waals surface area contributed by atoms with Crippen LogP contribution in [0.3, 0.4) is 0 Å². The number of hydrogen-bond donors (Lipinski definition) is 1. The van der Waals surface area contributed by atoms with Crippen LogP contribution in [0.5, 0.6) is 0 Å². The molecule has 1 unspecified atom stereocenters. The molecule has 0 radical (unpaired) electrons. The van der Waals surface area contributed by atoms with Gasteiger partial charge in [-0.15, -0.1) is 0 Å². The van der Waals surface area contributed by atoms with Gasteiger partial charge in [-0.05, 0) is 19.8 Å².